The van der Waals surface area contributed by atoms with Gasteiger partial charge in [0, 0.05) is 36.2 Å². The van der Waals surface area contributed by atoms with Gasteiger partial charge in [-0.25, -0.2) is 0 Å². The van der Waals surface area contributed by atoms with Crippen LogP contribution in [0.1, 0.15) is 32.9 Å². The molecule has 1 amide bonds. The van der Waals surface area contributed by atoms with Crippen molar-refractivity contribution in [3.05, 3.63) is 113 Å². The summed E-state index contributed by atoms with van der Waals surface area (Å²) in [6.07, 6.45) is 9.13. The predicted molar refractivity (Wildman–Crippen MR) is 139 cm³/mol. The lowest BCUT2D eigenvalue weighted by atomic mass is 10.1. The van der Waals surface area contributed by atoms with Gasteiger partial charge in [-0.1, -0.05) is 12.1 Å². The summed E-state index contributed by atoms with van der Waals surface area (Å²) >= 11 is 0. The van der Waals surface area contributed by atoms with E-state index in [0.717, 1.165) is 44.8 Å². The highest BCUT2D eigenvalue weighted by molar-refractivity contribution is 6.00. The summed E-state index contributed by atoms with van der Waals surface area (Å²) in [4.78, 5) is 21.2. The Morgan fingerprint density at radius 2 is 1.83 bits per heavy atom. The maximum atomic E-state index is 12.9. The van der Waals surface area contributed by atoms with Gasteiger partial charge in [-0.3, -0.25) is 19.9 Å². The number of rotatable bonds is 7. The molecule has 2 aromatic carbocycles. The van der Waals surface area contributed by atoms with Gasteiger partial charge in [-0.15, -0.1) is 0 Å². The lowest BCUT2D eigenvalue weighted by Crippen LogP contribution is -2.23. The Balaban J connectivity index is 1.32. The number of nitrogens with one attached hydrogen (secondary N) is 3. The molecule has 0 bridgehead atoms. The van der Waals surface area contributed by atoms with E-state index in [9.17, 15) is 4.79 Å². The van der Waals surface area contributed by atoms with Crippen LogP contribution in [0.3, 0.4) is 0 Å². The second kappa shape index (κ2) is 10.0. The molecule has 0 spiro atoms. The number of H-pyrrole nitrogens is 1. The van der Waals surface area contributed by atoms with E-state index in [1.54, 1.807) is 24.7 Å². The molecule has 7 nitrogen and oxygen atoms in total. The zero-order valence-corrected chi connectivity index (χ0v) is 19.2. The Kier molecular flexibility index (Phi) is 6.30. The zero-order valence-electron chi connectivity index (χ0n) is 19.2. The first kappa shape index (κ1) is 22.0. The molecule has 0 saturated heterocycles. The summed E-state index contributed by atoms with van der Waals surface area (Å²) < 4.78 is 0. The average Bonchev–Trinajstić information content (AvgIpc) is 3.29. The fourth-order valence-electron chi connectivity index (χ4n) is 3.78. The zero-order chi connectivity index (χ0) is 24.0. The summed E-state index contributed by atoms with van der Waals surface area (Å²) in [5, 5.41) is 14.9. The van der Waals surface area contributed by atoms with Crippen LogP contribution in [0, 0.1) is 6.92 Å². The number of hydrogen-bond donors (Lipinski definition) is 3. The molecule has 7 heteroatoms. The van der Waals surface area contributed by atoms with E-state index in [4.69, 9.17) is 0 Å². The fourth-order valence-corrected chi connectivity index (χ4v) is 3.78. The second-order valence-corrected chi connectivity index (χ2v) is 8.17. The third-order valence-corrected chi connectivity index (χ3v) is 5.59. The number of aromatic amines is 1. The lowest BCUT2D eigenvalue weighted by Gasteiger charge is -2.12. The molecule has 3 aromatic heterocycles. The summed E-state index contributed by atoms with van der Waals surface area (Å²) in [6, 6.07) is 21.2. The highest BCUT2D eigenvalue weighted by Gasteiger charge is 2.12. The summed E-state index contributed by atoms with van der Waals surface area (Å²) in [7, 11) is 0. The number of fused-ring (bicyclic) bond motifs is 1. The first-order valence-corrected chi connectivity index (χ1v) is 11.3. The van der Waals surface area contributed by atoms with Crippen LogP contribution in [0.2, 0.25) is 0 Å². The van der Waals surface area contributed by atoms with Gasteiger partial charge in [0.05, 0.1) is 28.2 Å². The quantitative estimate of drug-likeness (QED) is 0.298. The van der Waals surface area contributed by atoms with Gasteiger partial charge in [0.25, 0.3) is 5.91 Å². The van der Waals surface area contributed by atoms with Crippen molar-refractivity contribution >= 4 is 40.3 Å². The van der Waals surface area contributed by atoms with Gasteiger partial charge >= 0.3 is 0 Å². The molecule has 3 N–H and O–H groups in total. The van der Waals surface area contributed by atoms with Crippen molar-refractivity contribution in [2.24, 2.45) is 0 Å². The number of para-hydroxylation sites is 1. The predicted octanol–water partition coefficient (Wildman–Crippen LogP) is 5.51. The number of hydrogen-bond acceptors (Lipinski definition) is 5. The van der Waals surface area contributed by atoms with Crippen molar-refractivity contribution in [3.63, 3.8) is 0 Å². The molecule has 35 heavy (non-hydrogen) atoms. The minimum atomic E-state index is -0.148. The van der Waals surface area contributed by atoms with E-state index in [0.29, 0.717) is 12.1 Å². The number of nitrogens with zero attached hydrogens (tertiary/aromatic N) is 3. The molecule has 3 heterocycles. The molecule has 0 unspecified atom stereocenters. The van der Waals surface area contributed by atoms with E-state index >= 15 is 0 Å². The molecule has 0 aliphatic heterocycles. The molecular formula is C28H24N6O. The van der Waals surface area contributed by atoms with Crippen LogP contribution in [0.4, 0.5) is 11.4 Å². The number of anilines is 2. The normalized spacial score (nSPS) is 11.1. The molecule has 5 aromatic rings. The second-order valence-electron chi connectivity index (χ2n) is 8.17. The third-order valence-electron chi connectivity index (χ3n) is 5.59. The van der Waals surface area contributed by atoms with E-state index < -0.39 is 0 Å². The minimum absolute atomic E-state index is 0.148. The molecular weight excluding hydrogens is 436 g/mol. The average molecular weight is 461 g/mol. The molecule has 0 atom stereocenters. The first-order valence-electron chi connectivity index (χ1n) is 11.3. The van der Waals surface area contributed by atoms with Gasteiger partial charge < -0.3 is 10.6 Å². The number of carbonyl (C=O) groups is 1. The van der Waals surface area contributed by atoms with Crippen molar-refractivity contribution in [3.8, 4) is 0 Å². The van der Waals surface area contributed by atoms with Crippen LogP contribution < -0.4 is 10.6 Å². The van der Waals surface area contributed by atoms with E-state index in [-0.39, 0.29) is 5.91 Å². The van der Waals surface area contributed by atoms with Crippen molar-refractivity contribution < 1.29 is 4.79 Å². The smallest absolute Gasteiger partial charge is 0.253 e. The van der Waals surface area contributed by atoms with Gasteiger partial charge in [-0.05, 0) is 84.8 Å². The van der Waals surface area contributed by atoms with Crippen molar-refractivity contribution in [1.29, 1.82) is 0 Å². The lowest BCUT2D eigenvalue weighted by molar-refractivity contribution is 0.0951. The van der Waals surface area contributed by atoms with Gasteiger partial charge in [0.2, 0.25) is 0 Å². The third kappa shape index (κ3) is 5.25. The SMILES string of the molecule is Cc1ccnc(C=Cc2n[nH]c3cc(Nc4ccccc4C(=O)NCc4ccncc4)ccc23)c1. The Morgan fingerprint density at radius 1 is 0.971 bits per heavy atom. The number of carbonyl (C=O) groups excluding carboxylic acids is 1. The van der Waals surface area contributed by atoms with Crippen molar-refractivity contribution in [2.75, 3.05) is 5.32 Å². The Bertz CT molecular complexity index is 1510. The minimum Gasteiger partial charge on any atom is -0.355 e. The van der Waals surface area contributed by atoms with Crippen LogP contribution in [-0.4, -0.2) is 26.1 Å². The van der Waals surface area contributed by atoms with Crippen LogP contribution in [-0.2, 0) is 6.54 Å². The maximum absolute atomic E-state index is 12.9. The fraction of sp³-hybridized carbons (Fsp3) is 0.0714. The number of amides is 1. The molecule has 0 fully saturated rings. The molecule has 0 aliphatic carbocycles. The number of aryl methyl sites for hydroxylation is 1. The molecule has 172 valence electrons. The van der Waals surface area contributed by atoms with Crippen LogP contribution in [0.5, 0.6) is 0 Å². The van der Waals surface area contributed by atoms with Crippen molar-refractivity contribution in [1.82, 2.24) is 25.5 Å². The Labute approximate surface area is 203 Å². The van der Waals surface area contributed by atoms with E-state index in [2.05, 4.69) is 30.8 Å². The monoisotopic (exact) mass is 460 g/mol. The Morgan fingerprint density at radius 3 is 2.69 bits per heavy atom. The van der Waals surface area contributed by atoms with E-state index in [1.807, 2.05) is 79.7 Å². The first-order chi connectivity index (χ1) is 17.2. The molecule has 0 saturated carbocycles. The maximum Gasteiger partial charge on any atom is 0.253 e. The van der Waals surface area contributed by atoms with Gasteiger partial charge in [0.1, 0.15) is 0 Å². The molecule has 5 rings (SSSR count). The molecule has 0 aliphatic rings. The highest BCUT2D eigenvalue weighted by Crippen LogP contribution is 2.26. The van der Waals surface area contributed by atoms with Gasteiger partial charge in [0.15, 0.2) is 0 Å². The number of pyridine rings is 2. The van der Waals surface area contributed by atoms with E-state index in [1.165, 1.54) is 0 Å². The van der Waals surface area contributed by atoms with Crippen molar-refractivity contribution in [2.45, 2.75) is 13.5 Å². The number of aromatic nitrogens is 4. The van der Waals surface area contributed by atoms with Crippen LogP contribution in [0.15, 0.2) is 85.3 Å². The van der Waals surface area contributed by atoms with Crippen LogP contribution in [0.25, 0.3) is 23.1 Å². The molecule has 0 radical (unpaired) electrons. The standard InChI is InChI=1S/C28H24N6O/c1-19-10-15-30-21(16-19)7-9-26-23-8-6-22(17-27(23)34-33-26)32-25-5-3-2-4-24(25)28(35)31-18-20-11-13-29-14-12-20/h2-17,32H,18H2,1H3,(H,31,35)(H,33,34). The Hall–Kier alpha value is -4.78. The summed E-state index contributed by atoms with van der Waals surface area (Å²) in [5.41, 5.74) is 6.92. The largest absolute Gasteiger partial charge is 0.355 e. The highest BCUT2D eigenvalue weighted by atomic mass is 16.1. The van der Waals surface area contributed by atoms with Crippen LogP contribution >= 0.6 is 0 Å². The topological polar surface area (TPSA) is 95.6 Å². The summed E-state index contributed by atoms with van der Waals surface area (Å²) in [6.45, 7) is 2.48. The number of benzene rings is 2. The van der Waals surface area contributed by atoms with Gasteiger partial charge in [-0.2, -0.15) is 5.10 Å². The summed E-state index contributed by atoms with van der Waals surface area (Å²) in [5.74, 6) is -0.148.